The molecule has 1 aliphatic rings. The third kappa shape index (κ3) is 4.86. The molecule has 7 nitrogen and oxygen atoms in total. The van der Waals surface area contributed by atoms with E-state index in [1.807, 2.05) is 6.92 Å². The van der Waals surface area contributed by atoms with Gasteiger partial charge in [-0.2, -0.15) is 0 Å². The SMILES string of the molecule is COc1cc(C)c(NC(=O)C2=CN(CCO)C(=O)C[C@H]2c2ccc(F)cc2)cc1OC. The van der Waals surface area contributed by atoms with Crippen molar-refractivity contribution in [3.63, 3.8) is 0 Å². The number of amides is 2. The maximum Gasteiger partial charge on any atom is 0.253 e. The summed E-state index contributed by atoms with van der Waals surface area (Å²) in [5.41, 5.74) is 2.30. The number of rotatable bonds is 7. The summed E-state index contributed by atoms with van der Waals surface area (Å²) in [6.07, 6.45) is 1.50. The van der Waals surface area contributed by atoms with Crippen LogP contribution in [0.15, 0.2) is 48.2 Å². The van der Waals surface area contributed by atoms with Gasteiger partial charge in [0.1, 0.15) is 5.82 Å². The molecule has 2 amide bonds. The molecule has 3 rings (SSSR count). The number of hydrogen-bond donors (Lipinski definition) is 2. The van der Waals surface area contributed by atoms with E-state index in [0.29, 0.717) is 28.3 Å². The number of nitrogens with zero attached hydrogens (tertiary/aromatic N) is 1. The number of anilines is 1. The number of β-amino-alcohol motifs (C(OH)–C–C–N with tert-alkyl or cyclic N) is 1. The molecule has 0 radical (unpaired) electrons. The number of hydrogen-bond acceptors (Lipinski definition) is 5. The van der Waals surface area contributed by atoms with E-state index in [1.54, 1.807) is 24.3 Å². The van der Waals surface area contributed by atoms with Gasteiger partial charge in [0.2, 0.25) is 5.91 Å². The summed E-state index contributed by atoms with van der Waals surface area (Å²) in [5, 5.41) is 12.1. The fourth-order valence-corrected chi connectivity index (χ4v) is 3.55. The Labute approximate surface area is 180 Å². The van der Waals surface area contributed by atoms with Gasteiger partial charge in [-0.3, -0.25) is 9.59 Å². The van der Waals surface area contributed by atoms with Crippen molar-refractivity contribution in [1.29, 1.82) is 0 Å². The lowest BCUT2D eigenvalue weighted by molar-refractivity contribution is -0.130. The van der Waals surface area contributed by atoms with Crippen LogP contribution in [0.5, 0.6) is 11.5 Å². The Morgan fingerprint density at radius 3 is 2.45 bits per heavy atom. The first-order chi connectivity index (χ1) is 14.9. The Balaban J connectivity index is 1.97. The molecule has 1 aliphatic heterocycles. The lowest BCUT2D eigenvalue weighted by Crippen LogP contribution is -2.37. The monoisotopic (exact) mass is 428 g/mol. The zero-order valence-electron chi connectivity index (χ0n) is 17.6. The van der Waals surface area contributed by atoms with Crippen molar-refractivity contribution in [1.82, 2.24) is 4.90 Å². The van der Waals surface area contributed by atoms with Crippen molar-refractivity contribution in [3.8, 4) is 11.5 Å². The number of aliphatic hydroxyl groups is 1. The standard InChI is InChI=1S/C23H25FN2O5/c1-14-10-20(30-2)21(31-3)12-19(14)25-23(29)18-13-26(8-9-27)22(28)11-17(18)15-4-6-16(24)7-5-15/h4-7,10,12-13,17,27H,8-9,11H2,1-3H3,(H,25,29)/t17-/m0/s1. The van der Waals surface area contributed by atoms with E-state index in [9.17, 15) is 19.1 Å². The number of carbonyl (C=O) groups is 2. The van der Waals surface area contributed by atoms with Crippen LogP contribution in [0.25, 0.3) is 0 Å². The number of aliphatic hydroxyl groups excluding tert-OH is 1. The van der Waals surface area contributed by atoms with Gasteiger partial charge in [-0.1, -0.05) is 12.1 Å². The number of nitrogens with one attached hydrogen (secondary N) is 1. The van der Waals surface area contributed by atoms with Crippen molar-refractivity contribution >= 4 is 17.5 Å². The summed E-state index contributed by atoms with van der Waals surface area (Å²) in [7, 11) is 3.04. The van der Waals surface area contributed by atoms with Crippen molar-refractivity contribution in [2.45, 2.75) is 19.3 Å². The minimum atomic E-state index is -0.538. The van der Waals surface area contributed by atoms with Crippen molar-refractivity contribution in [2.24, 2.45) is 0 Å². The van der Waals surface area contributed by atoms with Gasteiger partial charge in [0.15, 0.2) is 11.5 Å². The van der Waals surface area contributed by atoms with E-state index < -0.39 is 17.6 Å². The molecule has 1 atom stereocenters. The molecule has 2 aromatic rings. The predicted octanol–water partition coefficient (Wildman–Crippen LogP) is 2.98. The third-order valence-electron chi connectivity index (χ3n) is 5.22. The maximum atomic E-state index is 13.4. The molecule has 0 saturated heterocycles. The van der Waals surface area contributed by atoms with Crippen LogP contribution in [0.3, 0.4) is 0 Å². The minimum absolute atomic E-state index is 0.0375. The maximum absolute atomic E-state index is 13.4. The summed E-state index contributed by atoms with van der Waals surface area (Å²) in [4.78, 5) is 27.1. The lowest BCUT2D eigenvalue weighted by Gasteiger charge is -2.30. The fraction of sp³-hybridized carbons (Fsp3) is 0.304. The molecule has 8 heteroatoms. The molecule has 164 valence electrons. The Kier molecular flexibility index (Phi) is 6.91. The smallest absolute Gasteiger partial charge is 0.253 e. The summed E-state index contributed by atoms with van der Waals surface area (Å²) >= 11 is 0. The normalized spacial score (nSPS) is 16.0. The quantitative estimate of drug-likeness (QED) is 0.708. The Morgan fingerprint density at radius 1 is 1.19 bits per heavy atom. The van der Waals surface area contributed by atoms with Gasteiger partial charge in [0, 0.05) is 42.4 Å². The molecule has 0 saturated carbocycles. The van der Waals surface area contributed by atoms with Crippen LogP contribution in [-0.4, -0.2) is 49.2 Å². The van der Waals surface area contributed by atoms with Crippen LogP contribution in [0.4, 0.5) is 10.1 Å². The van der Waals surface area contributed by atoms with Crippen molar-refractivity contribution in [2.75, 3.05) is 32.7 Å². The molecular weight excluding hydrogens is 403 g/mol. The molecule has 0 unspecified atom stereocenters. The highest BCUT2D eigenvalue weighted by Crippen LogP contribution is 2.36. The minimum Gasteiger partial charge on any atom is -0.493 e. The van der Waals surface area contributed by atoms with Crippen molar-refractivity contribution < 1.29 is 28.6 Å². The Bertz CT molecular complexity index is 1000. The van der Waals surface area contributed by atoms with Crippen LogP contribution in [-0.2, 0) is 9.59 Å². The second kappa shape index (κ2) is 9.61. The molecule has 0 aromatic heterocycles. The average molecular weight is 428 g/mol. The molecule has 1 heterocycles. The van der Waals surface area contributed by atoms with Crippen LogP contribution in [0, 0.1) is 12.7 Å². The summed E-state index contributed by atoms with van der Waals surface area (Å²) in [6, 6.07) is 9.15. The summed E-state index contributed by atoms with van der Waals surface area (Å²) in [6.45, 7) is 1.68. The molecule has 0 aliphatic carbocycles. The van der Waals surface area contributed by atoms with E-state index in [2.05, 4.69) is 5.32 Å². The molecule has 2 aromatic carbocycles. The second-order valence-electron chi connectivity index (χ2n) is 7.18. The van der Waals surface area contributed by atoms with E-state index in [1.165, 1.54) is 37.5 Å². The van der Waals surface area contributed by atoms with Gasteiger partial charge in [-0.05, 0) is 36.2 Å². The van der Waals surface area contributed by atoms with Gasteiger partial charge in [0.05, 0.1) is 20.8 Å². The van der Waals surface area contributed by atoms with Crippen LogP contribution >= 0.6 is 0 Å². The molecule has 0 bridgehead atoms. The van der Waals surface area contributed by atoms with E-state index >= 15 is 0 Å². The molecule has 0 spiro atoms. The number of ether oxygens (including phenoxy) is 2. The van der Waals surface area contributed by atoms with Crippen LogP contribution in [0.1, 0.15) is 23.5 Å². The first-order valence-corrected chi connectivity index (χ1v) is 9.79. The highest BCUT2D eigenvalue weighted by molar-refractivity contribution is 6.06. The number of carbonyl (C=O) groups excluding carboxylic acids is 2. The number of benzene rings is 2. The highest BCUT2D eigenvalue weighted by Gasteiger charge is 2.32. The van der Waals surface area contributed by atoms with E-state index in [-0.39, 0.29) is 25.5 Å². The molecule has 31 heavy (non-hydrogen) atoms. The number of aryl methyl sites for hydroxylation is 1. The molecular formula is C23H25FN2O5. The first-order valence-electron chi connectivity index (χ1n) is 9.79. The largest absolute Gasteiger partial charge is 0.493 e. The molecule has 0 fully saturated rings. The van der Waals surface area contributed by atoms with Gasteiger partial charge < -0.3 is 24.8 Å². The highest BCUT2D eigenvalue weighted by atomic mass is 19.1. The predicted molar refractivity (Wildman–Crippen MR) is 114 cm³/mol. The van der Waals surface area contributed by atoms with Gasteiger partial charge in [0.25, 0.3) is 5.91 Å². The Morgan fingerprint density at radius 2 is 1.84 bits per heavy atom. The van der Waals surface area contributed by atoms with Gasteiger partial charge >= 0.3 is 0 Å². The second-order valence-corrected chi connectivity index (χ2v) is 7.18. The van der Waals surface area contributed by atoms with E-state index in [0.717, 1.165) is 5.56 Å². The van der Waals surface area contributed by atoms with Gasteiger partial charge in [-0.15, -0.1) is 0 Å². The third-order valence-corrected chi connectivity index (χ3v) is 5.22. The van der Waals surface area contributed by atoms with Crippen LogP contribution in [0.2, 0.25) is 0 Å². The summed E-state index contributed by atoms with van der Waals surface area (Å²) in [5.74, 6) is -0.554. The summed E-state index contributed by atoms with van der Waals surface area (Å²) < 4.78 is 24.0. The topological polar surface area (TPSA) is 88.1 Å². The zero-order valence-corrected chi connectivity index (χ0v) is 17.6. The van der Waals surface area contributed by atoms with Crippen LogP contribution < -0.4 is 14.8 Å². The van der Waals surface area contributed by atoms with E-state index in [4.69, 9.17) is 9.47 Å². The Hall–Kier alpha value is -3.39. The lowest BCUT2D eigenvalue weighted by atomic mass is 9.85. The number of methoxy groups -OCH3 is 2. The zero-order chi connectivity index (χ0) is 22.5. The average Bonchev–Trinajstić information content (AvgIpc) is 2.76. The number of halogens is 1. The first kappa shape index (κ1) is 22.3. The van der Waals surface area contributed by atoms with Crippen molar-refractivity contribution in [3.05, 3.63) is 65.1 Å². The van der Waals surface area contributed by atoms with Gasteiger partial charge in [-0.25, -0.2) is 4.39 Å². The molecule has 2 N–H and O–H groups in total. The fourth-order valence-electron chi connectivity index (χ4n) is 3.55.